The van der Waals surface area contributed by atoms with Crippen LogP contribution in [0.15, 0.2) is 42.6 Å². The van der Waals surface area contributed by atoms with E-state index in [1.807, 2.05) is 29.2 Å². The number of hydrogen-bond donors (Lipinski definition) is 1. The number of carbonyl (C=O) groups excluding carboxylic acids is 2. The molecule has 2 heterocycles. The lowest BCUT2D eigenvalue weighted by Crippen LogP contribution is -2.48. The number of unbranched alkanes of at least 4 members (excludes halogenated alkanes) is 1. The number of anilines is 1. The summed E-state index contributed by atoms with van der Waals surface area (Å²) >= 11 is 0. The van der Waals surface area contributed by atoms with Crippen molar-refractivity contribution < 1.29 is 14.3 Å². The van der Waals surface area contributed by atoms with Crippen molar-refractivity contribution in [2.45, 2.75) is 19.8 Å². The second-order valence-corrected chi connectivity index (χ2v) is 7.02. The molecule has 7 heteroatoms. The maximum absolute atomic E-state index is 12.9. The molecule has 0 radical (unpaired) electrons. The molecule has 1 aliphatic rings. The average molecular weight is 396 g/mol. The number of nitrogens with zero attached hydrogens (tertiary/aromatic N) is 3. The van der Waals surface area contributed by atoms with Crippen LogP contribution in [0, 0.1) is 0 Å². The first-order valence-electron chi connectivity index (χ1n) is 10.0. The number of aromatic nitrogens is 1. The molecule has 0 spiro atoms. The van der Waals surface area contributed by atoms with Gasteiger partial charge in [-0.3, -0.25) is 14.6 Å². The summed E-state index contributed by atoms with van der Waals surface area (Å²) in [7, 11) is 1.65. The van der Waals surface area contributed by atoms with E-state index >= 15 is 0 Å². The third-order valence-corrected chi connectivity index (χ3v) is 5.06. The van der Waals surface area contributed by atoms with Crippen molar-refractivity contribution in [1.82, 2.24) is 15.2 Å². The molecular weight excluding hydrogens is 368 g/mol. The summed E-state index contributed by atoms with van der Waals surface area (Å²) in [6, 6.07) is 11.2. The first-order chi connectivity index (χ1) is 14.1. The van der Waals surface area contributed by atoms with Gasteiger partial charge in [0.05, 0.1) is 7.11 Å². The summed E-state index contributed by atoms with van der Waals surface area (Å²) in [6.45, 7) is 5.46. The maximum atomic E-state index is 12.9. The summed E-state index contributed by atoms with van der Waals surface area (Å²) in [5.41, 5.74) is 1.90. The van der Waals surface area contributed by atoms with E-state index in [4.69, 9.17) is 4.74 Å². The predicted octanol–water partition coefficient (Wildman–Crippen LogP) is 2.58. The second-order valence-electron chi connectivity index (χ2n) is 7.02. The Balaban J connectivity index is 1.58. The lowest BCUT2D eigenvalue weighted by Gasteiger charge is -2.36. The van der Waals surface area contributed by atoms with E-state index in [-0.39, 0.29) is 17.5 Å². The monoisotopic (exact) mass is 396 g/mol. The van der Waals surface area contributed by atoms with Gasteiger partial charge < -0.3 is 19.9 Å². The van der Waals surface area contributed by atoms with Crippen LogP contribution >= 0.6 is 0 Å². The molecule has 0 aliphatic carbocycles. The molecule has 154 valence electrons. The minimum absolute atomic E-state index is 0.0654. The van der Waals surface area contributed by atoms with Crippen molar-refractivity contribution in [3.05, 3.63) is 53.9 Å². The van der Waals surface area contributed by atoms with Gasteiger partial charge in [0.25, 0.3) is 11.8 Å². The van der Waals surface area contributed by atoms with Gasteiger partial charge in [-0.15, -0.1) is 0 Å². The van der Waals surface area contributed by atoms with Crippen LogP contribution in [0.4, 0.5) is 5.69 Å². The summed E-state index contributed by atoms with van der Waals surface area (Å²) in [6.07, 6.45) is 3.45. The lowest BCUT2D eigenvalue weighted by molar-refractivity contribution is 0.0746. The molecule has 2 amide bonds. The van der Waals surface area contributed by atoms with E-state index in [0.717, 1.165) is 37.4 Å². The number of amides is 2. The van der Waals surface area contributed by atoms with E-state index in [1.165, 1.54) is 6.20 Å². The van der Waals surface area contributed by atoms with Gasteiger partial charge in [-0.05, 0) is 42.8 Å². The molecule has 1 aromatic heterocycles. The molecule has 0 atom stereocenters. The van der Waals surface area contributed by atoms with Crippen molar-refractivity contribution >= 4 is 17.5 Å². The summed E-state index contributed by atoms with van der Waals surface area (Å²) in [5.74, 6) is 0.525. The predicted molar refractivity (Wildman–Crippen MR) is 113 cm³/mol. The zero-order chi connectivity index (χ0) is 20.6. The van der Waals surface area contributed by atoms with Gasteiger partial charge in [-0.1, -0.05) is 13.3 Å². The first-order valence-corrected chi connectivity index (χ1v) is 10.0. The lowest BCUT2D eigenvalue weighted by atomic mass is 10.1. The minimum Gasteiger partial charge on any atom is -0.497 e. The van der Waals surface area contributed by atoms with Crippen LogP contribution in [0.25, 0.3) is 0 Å². The Hall–Kier alpha value is -3.09. The fraction of sp³-hybridized carbons (Fsp3) is 0.409. The Morgan fingerprint density at radius 1 is 1.10 bits per heavy atom. The van der Waals surface area contributed by atoms with Crippen molar-refractivity contribution in [2.24, 2.45) is 0 Å². The number of hydrogen-bond acceptors (Lipinski definition) is 5. The zero-order valence-electron chi connectivity index (χ0n) is 17.1. The van der Waals surface area contributed by atoms with Gasteiger partial charge in [-0.25, -0.2) is 0 Å². The number of carbonyl (C=O) groups is 2. The Morgan fingerprint density at radius 3 is 2.48 bits per heavy atom. The molecule has 7 nitrogen and oxygen atoms in total. The Morgan fingerprint density at radius 2 is 1.83 bits per heavy atom. The van der Waals surface area contributed by atoms with Gasteiger partial charge in [0.1, 0.15) is 11.4 Å². The molecule has 0 bridgehead atoms. The maximum Gasteiger partial charge on any atom is 0.269 e. The van der Waals surface area contributed by atoms with Crippen LogP contribution in [0.2, 0.25) is 0 Å². The number of ether oxygens (including phenoxy) is 1. The number of methoxy groups -OCH3 is 1. The fourth-order valence-corrected chi connectivity index (χ4v) is 3.30. The standard InChI is InChI=1S/C22H28N4O3/c1-3-4-10-24-21(27)20-16-17(9-11-23-20)22(28)26-14-12-25(13-15-26)18-5-7-19(29-2)8-6-18/h5-9,11,16H,3-4,10,12-15H2,1-2H3,(H,24,27). The highest BCUT2D eigenvalue weighted by atomic mass is 16.5. The highest BCUT2D eigenvalue weighted by Crippen LogP contribution is 2.21. The SMILES string of the molecule is CCCCNC(=O)c1cc(C(=O)N2CCN(c3ccc(OC)cc3)CC2)ccn1. The van der Waals surface area contributed by atoms with Gasteiger partial charge >= 0.3 is 0 Å². The van der Waals surface area contributed by atoms with Gasteiger partial charge in [-0.2, -0.15) is 0 Å². The highest BCUT2D eigenvalue weighted by molar-refractivity contribution is 5.98. The Bertz CT molecular complexity index is 830. The van der Waals surface area contributed by atoms with Crippen molar-refractivity contribution in [3.8, 4) is 5.75 Å². The molecular formula is C22H28N4O3. The first kappa shape index (κ1) is 20.6. The zero-order valence-corrected chi connectivity index (χ0v) is 17.1. The molecule has 1 saturated heterocycles. The fourth-order valence-electron chi connectivity index (χ4n) is 3.30. The number of benzene rings is 1. The third-order valence-electron chi connectivity index (χ3n) is 5.06. The van der Waals surface area contributed by atoms with Gasteiger partial charge in [0.15, 0.2) is 0 Å². The number of pyridine rings is 1. The quantitative estimate of drug-likeness (QED) is 0.728. The van der Waals surface area contributed by atoms with E-state index in [2.05, 4.69) is 22.1 Å². The molecule has 1 aliphatic heterocycles. The molecule has 1 aromatic carbocycles. The van der Waals surface area contributed by atoms with E-state index in [1.54, 1.807) is 19.2 Å². The number of rotatable bonds is 7. The molecule has 0 unspecified atom stereocenters. The molecule has 3 rings (SSSR count). The highest BCUT2D eigenvalue weighted by Gasteiger charge is 2.23. The van der Waals surface area contributed by atoms with Crippen LogP contribution in [-0.4, -0.2) is 61.5 Å². The van der Waals surface area contributed by atoms with Gasteiger partial charge in [0.2, 0.25) is 0 Å². The smallest absolute Gasteiger partial charge is 0.269 e. The number of piperazine rings is 1. The summed E-state index contributed by atoms with van der Waals surface area (Å²) in [5, 5.41) is 2.84. The van der Waals surface area contributed by atoms with Crippen LogP contribution in [0.1, 0.15) is 40.6 Å². The minimum atomic E-state index is -0.238. The molecule has 2 aromatic rings. The van der Waals surface area contributed by atoms with Crippen molar-refractivity contribution in [3.63, 3.8) is 0 Å². The normalized spacial score (nSPS) is 13.9. The van der Waals surface area contributed by atoms with Crippen LogP contribution < -0.4 is 15.0 Å². The van der Waals surface area contributed by atoms with Crippen molar-refractivity contribution in [1.29, 1.82) is 0 Å². The van der Waals surface area contributed by atoms with Crippen LogP contribution in [0.5, 0.6) is 5.75 Å². The van der Waals surface area contributed by atoms with Gasteiger partial charge in [0, 0.05) is 50.2 Å². The topological polar surface area (TPSA) is 74.8 Å². The Labute approximate surface area is 171 Å². The third kappa shape index (κ3) is 5.25. The van der Waals surface area contributed by atoms with E-state index in [9.17, 15) is 9.59 Å². The number of nitrogens with one attached hydrogen (secondary N) is 1. The van der Waals surface area contributed by atoms with E-state index in [0.29, 0.717) is 25.2 Å². The van der Waals surface area contributed by atoms with Crippen LogP contribution in [-0.2, 0) is 0 Å². The summed E-state index contributed by atoms with van der Waals surface area (Å²) < 4.78 is 5.20. The average Bonchev–Trinajstić information content (AvgIpc) is 2.79. The Kier molecular flexibility index (Phi) is 7.05. The molecule has 0 saturated carbocycles. The molecule has 1 N–H and O–H groups in total. The molecule has 1 fully saturated rings. The second kappa shape index (κ2) is 9.91. The van der Waals surface area contributed by atoms with Crippen molar-refractivity contribution in [2.75, 3.05) is 44.7 Å². The van der Waals surface area contributed by atoms with Crippen LogP contribution in [0.3, 0.4) is 0 Å². The summed E-state index contributed by atoms with van der Waals surface area (Å²) in [4.78, 5) is 33.3. The van der Waals surface area contributed by atoms with E-state index < -0.39 is 0 Å². The molecule has 29 heavy (non-hydrogen) atoms. The largest absolute Gasteiger partial charge is 0.497 e.